The number of nitrogens with one attached hydrogen (secondary N) is 1. The second-order valence-corrected chi connectivity index (χ2v) is 10.6. The smallest absolute Gasteiger partial charge is 0.228 e. The van der Waals surface area contributed by atoms with Crippen LogP contribution in [0.3, 0.4) is 0 Å². The number of carbonyl (C=O) groups excluding carboxylic acids is 1. The van der Waals surface area contributed by atoms with Crippen molar-refractivity contribution in [3.8, 4) is 11.3 Å². The second-order valence-electron chi connectivity index (χ2n) is 10.6. The van der Waals surface area contributed by atoms with Gasteiger partial charge in [-0.25, -0.2) is 13.8 Å². The van der Waals surface area contributed by atoms with Crippen LogP contribution in [0.5, 0.6) is 0 Å². The molecule has 0 unspecified atom stereocenters. The number of hydrogen-bond acceptors (Lipinski definition) is 5. The number of aryl methyl sites for hydroxylation is 1. The lowest BCUT2D eigenvalue weighted by Crippen LogP contribution is -2.29. The van der Waals surface area contributed by atoms with E-state index in [4.69, 9.17) is 14.5 Å². The van der Waals surface area contributed by atoms with E-state index in [0.29, 0.717) is 24.4 Å². The number of ether oxygens (including phenoxy) is 2. The van der Waals surface area contributed by atoms with Crippen molar-refractivity contribution in [2.45, 2.75) is 59.5 Å². The predicted octanol–water partition coefficient (Wildman–Crippen LogP) is 7.63. The number of hydrogen-bond donors (Lipinski definition) is 1. The highest BCUT2D eigenvalue weighted by molar-refractivity contribution is 5.81. The van der Waals surface area contributed by atoms with Crippen LogP contribution in [0.1, 0.15) is 52.2 Å². The maximum Gasteiger partial charge on any atom is 0.228 e. The largest absolute Gasteiger partial charge is 0.498 e. The number of methoxy groups -OCH3 is 1. The summed E-state index contributed by atoms with van der Waals surface area (Å²) in [5.41, 5.74) is 3.65. The number of allylic oxidation sites excluding steroid dienone is 2. The fraction of sp³-hybridized carbons (Fsp3) is 0.424. The predicted molar refractivity (Wildman–Crippen MR) is 164 cm³/mol. The molecule has 0 spiro atoms. The van der Waals surface area contributed by atoms with Crippen LogP contribution < -0.4 is 5.32 Å². The van der Waals surface area contributed by atoms with Gasteiger partial charge in [0.1, 0.15) is 11.6 Å². The molecule has 1 N–H and O–H groups in total. The first-order valence-electron chi connectivity index (χ1n) is 13.9. The van der Waals surface area contributed by atoms with E-state index in [1.54, 1.807) is 18.3 Å². The van der Waals surface area contributed by atoms with Crippen molar-refractivity contribution in [2.24, 2.45) is 5.92 Å². The number of carbonyl (C=O) groups is 1. The Morgan fingerprint density at radius 3 is 2.40 bits per heavy atom. The molecule has 230 valence electrons. The molecule has 0 aliphatic carbocycles. The maximum atomic E-state index is 14.9. The average Bonchev–Trinajstić information content (AvgIpc) is 2.91. The average molecular weight is 588 g/mol. The van der Waals surface area contributed by atoms with Gasteiger partial charge in [0, 0.05) is 24.7 Å². The molecule has 1 aromatic heterocycles. The molecule has 0 saturated carbocycles. The van der Waals surface area contributed by atoms with Crippen molar-refractivity contribution in [3.05, 3.63) is 83.1 Å². The van der Waals surface area contributed by atoms with Gasteiger partial charge in [-0.05, 0) is 62.1 Å². The topological polar surface area (TPSA) is 73.3 Å². The van der Waals surface area contributed by atoms with Gasteiger partial charge in [0.15, 0.2) is 5.67 Å². The zero-order valence-corrected chi connectivity index (χ0v) is 25.6. The third kappa shape index (κ3) is 9.69. The van der Waals surface area contributed by atoms with E-state index in [9.17, 15) is 18.0 Å². The summed E-state index contributed by atoms with van der Waals surface area (Å²) in [4.78, 5) is 21.7. The van der Waals surface area contributed by atoms with Gasteiger partial charge in [-0.3, -0.25) is 14.2 Å². The van der Waals surface area contributed by atoms with Gasteiger partial charge in [-0.1, -0.05) is 39.0 Å². The normalized spacial score (nSPS) is 13.2. The molecule has 0 bridgehead atoms. The third-order valence-electron chi connectivity index (χ3n) is 6.33. The summed E-state index contributed by atoms with van der Waals surface area (Å²) in [6.45, 7) is 14.3. The van der Waals surface area contributed by atoms with Crippen LogP contribution in [0.2, 0.25) is 0 Å². The van der Waals surface area contributed by atoms with E-state index >= 15 is 0 Å². The molecule has 4 rings (SSSR count). The summed E-state index contributed by atoms with van der Waals surface area (Å²) < 4.78 is 48.8. The lowest BCUT2D eigenvalue weighted by Gasteiger charge is -2.26. The van der Waals surface area contributed by atoms with Gasteiger partial charge in [0.25, 0.3) is 0 Å². The molecule has 1 saturated heterocycles. The van der Waals surface area contributed by atoms with Crippen molar-refractivity contribution in [3.63, 3.8) is 0 Å². The molecular weight excluding hydrogens is 543 g/mol. The zero-order chi connectivity index (χ0) is 31.4. The van der Waals surface area contributed by atoms with Gasteiger partial charge in [-0.2, -0.15) is 0 Å². The van der Waals surface area contributed by atoms with Crippen LogP contribution in [-0.2, 0) is 27.1 Å². The molecule has 2 aromatic carbocycles. The fourth-order valence-electron chi connectivity index (χ4n) is 4.19. The van der Waals surface area contributed by atoms with E-state index in [0.717, 1.165) is 36.2 Å². The quantitative estimate of drug-likeness (QED) is 0.206. The Morgan fingerprint density at radius 2 is 1.86 bits per heavy atom. The van der Waals surface area contributed by atoms with Crippen molar-refractivity contribution >= 4 is 16.9 Å². The highest BCUT2D eigenvalue weighted by atomic mass is 19.1. The Kier molecular flexibility index (Phi) is 13.2. The van der Waals surface area contributed by atoms with Crippen LogP contribution in [0.15, 0.2) is 60.6 Å². The van der Waals surface area contributed by atoms with Crippen molar-refractivity contribution in [1.82, 2.24) is 15.3 Å². The minimum atomic E-state index is -1.73. The molecule has 1 fully saturated rings. The summed E-state index contributed by atoms with van der Waals surface area (Å²) in [7, 11) is 1.84. The summed E-state index contributed by atoms with van der Waals surface area (Å²) >= 11 is 0. The van der Waals surface area contributed by atoms with E-state index in [1.807, 2.05) is 6.07 Å². The minimum absolute atomic E-state index is 0. The number of benzene rings is 2. The first-order valence-corrected chi connectivity index (χ1v) is 13.9. The highest BCUT2D eigenvalue weighted by Crippen LogP contribution is 2.26. The number of rotatable bonds is 9. The Labute approximate surface area is 248 Å². The molecule has 6 nitrogen and oxygen atoms in total. The van der Waals surface area contributed by atoms with Crippen LogP contribution in [0, 0.1) is 18.7 Å². The first kappa shape index (κ1) is 34.5. The Hall–Kier alpha value is -3.72. The molecule has 3 aromatic rings. The fourth-order valence-corrected chi connectivity index (χ4v) is 4.19. The number of fused-ring (bicyclic) bond motifs is 1. The van der Waals surface area contributed by atoms with Gasteiger partial charge in [0.2, 0.25) is 5.91 Å². The van der Waals surface area contributed by atoms with E-state index in [-0.39, 0.29) is 24.9 Å². The molecule has 0 atom stereocenters. The second kappa shape index (κ2) is 16.1. The van der Waals surface area contributed by atoms with Gasteiger partial charge >= 0.3 is 0 Å². The molecule has 0 radical (unpaired) electrons. The summed E-state index contributed by atoms with van der Waals surface area (Å²) in [6, 6.07) is 8.68. The molecule has 1 amide bonds. The summed E-state index contributed by atoms with van der Waals surface area (Å²) in [5.74, 6) is -0.450. The Morgan fingerprint density at radius 1 is 1.19 bits per heavy atom. The first-order chi connectivity index (χ1) is 19.9. The van der Waals surface area contributed by atoms with Crippen LogP contribution in [0.25, 0.3) is 22.3 Å². The summed E-state index contributed by atoms with van der Waals surface area (Å²) in [5, 5.41) is 2.54. The van der Waals surface area contributed by atoms with Gasteiger partial charge < -0.3 is 14.8 Å². The van der Waals surface area contributed by atoms with Crippen LogP contribution >= 0.6 is 0 Å². The molecule has 1 aliphatic heterocycles. The number of aromatic nitrogens is 2. The van der Waals surface area contributed by atoms with E-state index in [1.165, 1.54) is 45.1 Å². The van der Waals surface area contributed by atoms with Gasteiger partial charge in [0.05, 0.1) is 56.8 Å². The van der Waals surface area contributed by atoms with E-state index < -0.39 is 17.4 Å². The zero-order valence-electron chi connectivity index (χ0n) is 25.6. The molecule has 42 heavy (non-hydrogen) atoms. The van der Waals surface area contributed by atoms with Crippen molar-refractivity contribution in [1.29, 1.82) is 0 Å². The molecular formula is C33H44F3N3O3. The minimum Gasteiger partial charge on any atom is -0.498 e. The Balaban J connectivity index is 0.00000145. The van der Waals surface area contributed by atoms with Crippen molar-refractivity contribution < 1.29 is 28.9 Å². The standard InChI is InChI=1S/C29H31F2N3O3.C3H8.CH3F.H2/c1-17-8-25-24(12-22(17)10-19-15-37-16-19)32-14-26(34-25)21-7-6-20(23(30)11-21)13-28(35)33-18(2)9-27(36-5)29(3,4)31;1-3-2;1-2;/h6-9,11-12,14,19H,2,10,13,15-16H2,1,3-5H3,(H,33,35);3H2,1-2H3;1H3;1H/b27-9-;;;. The maximum absolute atomic E-state index is 14.9. The van der Waals surface area contributed by atoms with Gasteiger partial charge in [-0.15, -0.1) is 0 Å². The number of alkyl halides is 2. The number of amides is 1. The summed E-state index contributed by atoms with van der Waals surface area (Å²) in [6.07, 6.45) is 4.93. The SMILES string of the molecule is C=C(/C=C(\OC)C(C)(C)F)NC(=O)Cc1ccc(-c2cnc3cc(CC4COC4)c(C)cc3n2)cc1F.CCC.CF.[HH]. The van der Waals surface area contributed by atoms with Crippen LogP contribution in [0.4, 0.5) is 13.2 Å². The number of nitrogens with zero attached hydrogens (tertiary/aromatic N) is 2. The third-order valence-corrected chi connectivity index (χ3v) is 6.33. The monoisotopic (exact) mass is 587 g/mol. The lowest BCUT2D eigenvalue weighted by molar-refractivity contribution is -0.119. The lowest BCUT2D eigenvalue weighted by atomic mass is 9.94. The molecule has 1 aliphatic rings. The van der Waals surface area contributed by atoms with Crippen molar-refractivity contribution in [2.75, 3.05) is 27.5 Å². The van der Waals surface area contributed by atoms with E-state index in [2.05, 4.69) is 43.7 Å². The number of halogens is 3. The Bertz CT molecular complexity index is 1400. The highest BCUT2D eigenvalue weighted by Gasteiger charge is 2.23. The molecule has 9 heteroatoms. The van der Waals surface area contributed by atoms with Crippen LogP contribution in [-0.4, -0.2) is 49.0 Å². The molecule has 2 heterocycles.